The normalized spacial score (nSPS) is 16.6. The van der Waals surface area contributed by atoms with Gasteiger partial charge in [-0.25, -0.2) is 0 Å². The summed E-state index contributed by atoms with van der Waals surface area (Å²) in [5.74, 6) is -1.25. The maximum absolute atomic E-state index is 10.7. The smallest absolute Gasteiger partial charge is 0.271 e. The number of hydrogen-bond acceptors (Lipinski definition) is 5. The predicted octanol–water partition coefficient (Wildman–Crippen LogP) is -1.10. The molecule has 1 unspecified atom stereocenters. The van der Waals surface area contributed by atoms with Crippen molar-refractivity contribution in [1.29, 1.82) is 0 Å². The standard InChI is InChI=1S/C5H12O7S2/c1-5(2,6)4(14(10,11)12)3-13(7,8)9/h4,6H,3H2,1-2H3,(H,7,8,9)(H,10,11,12). The second-order valence-corrected chi connectivity index (χ2v) is 6.50. The summed E-state index contributed by atoms with van der Waals surface area (Å²) < 4.78 is 59.2. The molecule has 0 aromatic rings. The summed E-state index contributed by atoms with van der Waals surface area (Å²) in [6.45, 7) is 2.02. The molecule has 0 aliphatic carbocycles. The van der Waals surface area contributed by atoms with E-state index in [0.717, 1.165) is 13.8 Å². The van der Waals surface area contributed by atoms with Gasteiger partial charge in [-0.15, -0.1) is 0 Å². The molecule has 1 atom stereocenters. The van der Waals surface area contributed by atoms with Gasteiger partial charge in [-0.3, -0.25) is 9.11 Å². The van der Waals surface area contributed by atoms with Crippen molar-refractivity contribution in [3.63, 3.8) is 0 Å². The van der Waals surface area contributed by atoms with E-state index >= 15 is 0 Å². The molecule has 0 saturated carbocycles. The van der Waals surface area contributed by atoms with Crippen LogP contribution in [0.4, 0.5) is 0 Å². The van der Waals surface area contributed by atoms with Crippen LogP contribution in [0.1, 0.15) is 13.8 Å². The topological polar surface area (TPSA) is 129 Å². The van der Waals surface area contributed by atoms with E-state index in [1.807, 2.05) is 0 Å². The Morgan fingerprint density at radius 3 is 1.57 bits per heavy atom. The fraction of sp³-hybridized carbons (Fsp3) is 1.00. The molecule has 0 rings (SSSR count). The lowest BCUT2D eigenvalue weighted by molar-refractivity contribution is 0.0775. The Morgan fingerprint density at radius 2 is 1.50 bits per heavy atom. The molecule has 3 N–H and O–H groups in total. The van der Waals surface area contributed by atoms with Crippen LogP contribution in [0.3, 0.4) is 0 Å². The fourth-order valence-corrected chi connectivity index (χ4v) is 3.57. The zero-order chi connectivity index (χ0) is 11.8. The lowest BCUT2D eigenvalue weighted by atomic mass is 10.1. The van der Waals surface area contributed by atoms with Gasteiger partial charge in [-0.05, 0) is 13.8 Å². The minimum atomic E-state index is -4.74. The van der Waals surface area contributed by atoms with Gasteiger partial charge < -0.3 is 5.11 Å². The fourth-order valence-electron chi connectivity index (χ4n) is 0.846. The maximum atomic E-state index is 10.7. The molecule has 0 aliphatic heterocycles. The van der Waals surface area contributed by atoms with Crippen LogP contribution in [0.2, 0.25) is 0 Å². The molecule has 7 nitrogen and oxygen atoms in total. The first-order chi connectivity index (χ1) is 5.84. The predicted molar refractivity (Wildman–Crippen MR) is 48.1 cm³/mol. The summed E-state index contributed by atoms with van der Waals surface area (Å²) >= 11 is 0. The summed E-state index contributed by atoms with van der Waals surface area (Å²) in [5, 5.41) is 7.28. The number of rotatable bonds is 4. The third kappa shape index (κ3) is 4.86. The number of aliphatic hydroxyl groups is 1. The van der Waals surface area contributed by atoms with Crippen molar-refractivity contribution in [1.82, 2.24) is 0 Å². The Hall–Kier alpha value is -0.220. The largest absolute Gasteiger partial charge is 0.389 e. The molecule has 9 heteroatoms. The van der Waals surface area contributed by atoms with Crippen LogP contribution in [-0.4, -0.2) is 47.7 Å². The van der Waals surface area contributed by atoms with Gasteiger partial charge in [-0.1, -0.05) is 0 Å². The van der Waals surface area contributed by atoms with Crippen molar-refractivity contribution in [3.8, 4) is 0 Å². The third-order valence-electron chi connectivity index (χ3n) is 1.51. The first kappa shape index (κ1) is 13.8. The maximum Gasteiger partial charge on any atom is 0.271 e. The summed E-state index contributed by atoms with van der Waals surface area (Å²) in [5.41, 5.74) is -1.97. The molecule has 0 saturated heterocycles. The van der Waals surface area contributed by atoms with Crippen LogP contribution < -0.4 is 0 Å². The average Bonchev–Trinajstić information content (AvgIpc) is 1.75. The van der Waals surface area contributed by atoms with Crippen LogP contribution in [0.25, 0.3) is 0 Å². The van der Waals surface area contributed by atoms with Crippen molar-refractivity contribution in [3.05, 3.63) is 0 Å². The van der Waals surface area contributed by atoms with Crippen molar-refractivity contribution in [2.45, 2.75) is 24.7 Å². The molecule has 0 heterocycles. The monoisotopic (exact) mass is 248 g/mol. The Morgan fingerprint density at radius 1 is 1.14 bits per heavy atom. The molecule has 0 bridgehead atoms. The zero-order valence-electron chi connectivity index (χ0n) is 7.58. The van der Waals surface area contributed by atoms with Gasteiger partial charge in [0.05, 0.1) is 11.4 Å². The molecule has 0 aromatic heterocycles. The lowest BCUT2D eigenvalue weighted by Crippen LogP contribution is -2.46. The van der Waals surface area contributed by atoms with E-state index < -0.39 is 36.8 Å². The van der Waals surface area contributed by atoms with Crippen molar-refractivity contribution < 1.29 is 31.0 Å². The van der Waals surface area contributed by atoms with Crippen molar-refractivity contribution in [2.24, 2.45) is 0 Å². The quantitative estimate of drug-likeness (QED) is 0.538. The van der Waals surface area contributed by atoms with Crippen molar-refractivity contribution in [2.75, 3.05) is 5.75 Å². The van der Waals surface area contributed by atoms with E-state index in [-0.39, 0.29) is 0 Å². The van der Waals surface area contributed by atoms with Crippen LogP contribution in [-0.2, 0) is 20.2 Å². The first-order valence-corrected chi connectivity index (χ1v) is 6.59. The van der Waals surface area contributed by atoms with E-state index in [1.54, 1.807) is 0 Å². The SMILES string of the molecule is CC(C)(O)C(CS(=O)(=O)O)S(=O)(=O)O. The highest BCUT2D eigenvalue weighted by atomic mass is 32.2. The minimum Gasteiger partial charge on any atom is -0.389 e. The Balaban J connectivity index is 5.18. The van der Waals surface area contributed by atoms with Crippen molar-refractivity contribution >= 4 is 20.2 Å². The Bertz CT molecular complexity index is 384. The van der Waals surface area contributed by atoms with E-state index in [0.29, 0.717) is 0 Å². The molecule has 0 aromatic carbocycles. The summed E-state index contributed by atoms with van der Waals surface area (Å²) in [6.07, 6.45) is 0. The highest BCUT2D eigenvalue weighted by molar-refractivity contribution is 7.90. The van der Waals surface area contributed by atoms with E-state index in [2.05, 4.69) is 0 Å². The molecular weight excluding hydrogens is 236 g/mol. The molecule has 0 amide bonds. The molecule has 86 valence electrons. The molecular formula is C5H12O7S2. The van der Waals surface area contributed by atoms with E-state index in [4.69, 9.17) is 9.11 Å². The van der Waals surface area contributed by atoms with Gasteiger partial charge >= 0.3 is 0 Å². The molecule has 0 fully saturated rings. The second kappa shape index (κ2) is 3.74. The molecule has 0 radical (unpaired) electrons. The highest BCUT2D eigenvalue weighted by Crippen LogP contribution is 2.17. The Labute approximate surface area is 82.3 Å². The van der Waals surface area contributed by atoms with Gasteiger partial charge in [0.2, 0.25) is 0 Å². The molecule has 0 spiro atoms. The summed E-state index contributed by atoms with van der Waals surface area (Å²) in [6, 6.07) is 0. The Kier molecular flexibility index (Phi) is 3.68. The van der Waals surface area contributed by atoms with Gasteiger partial charge in [0.1, 0.15) is 5.25 Å². The van der Waals surface area contributed by atoms with E-state index in [9.17, 15) is 21.9 Å². The van der Waals surface area contributed by atoms with Gasteiger partial charge in [0.15, 0.2) is 0 Å². The highest BCUT2D eigenvalue weighted by Gasteiger charge is 2.40. The first-order valence-electron chi connectivity index (χ1n) is 3.48. The van der Waals surface area contributed by atoms with Crippen LogP contribution in [0.5, 0.6) is 0 Å². The lowest BCUT2D eigenvalue weighted by Gasteiger charge is -2.25. The second-order valence-electron chi connectivity index (χ2n) is 3.41. The van der Waals surface area contributed by atoms with Crippen LogP contribution >= 0.6 is 0 Å². The van der Waals surface area contributed by atoms with Crippen LogP contribution in [0.15, 0.2) is 0 Å². The number of hydrogen-bond donors (Lipinski definition) is 3. The molecule has 14 heavy (non-hydrogen) atoms. The van der Waals surface area contributed by atoms with E-state index in [1.165, 1.54) is 0 Å². The zero-order valence-corrected chi connectivity index (χ0v) is 9.21. The average molecular weight is 248 g/mol. The minimum absolute atomic E-state index is 1.01. The van der Waals surface area contributed by atoms with Gasteiger partial charge in [0.25, 0.3) is 20.2 Å². The van der Waals surface area contributed by atoms with Gasteiger partial charge in [0, 0.05) is 0 Å². The van der Waals surface area contributed by atoms with Crippen LogP contribution in [0, 0.1) is 0 Å². The summed E-state index contributed by atoms with van der Waals surface area (Å²) in [7, 11) is -9.33. The van der Waals surface area contributed by atoms with Gasteiger partial charge in [-0.2, -0.15) is 16.8 Å². The summed E-state index contributed by atoms with van der Waals surface area (Å²) in [4.78, 5) is 0. The molecule has 0 aliphatic rings. The third-order valence-corrected chi connectivity index (χ3v) is 3.94.